The van der Waals surface area contributed by atoms with Crippen LogP contribution in [0.25, 0.3) is 0 Å². The van der Waals surface area contributed by atoms with E-state index in [1.165, 1.54) is 0 Å². The molecule has 0 unspecified atom stereocenters. The molecule has 0 spiro atoms. The number of carbonyl (C=O) groups is 1. The van der Waals surface area contributed by atoms with E-state index in [2.05, 4.69) is 20.9 Å². The van der Waals surface area contributed by atoms with E-state index in [-0.39, 0.29) is 5.95 Å². The Hall–Kier alpha value is -3.04. The monoisotopic (exact) mass is 410 g/mol. The summed E-state index contributed by atoms with van der Waals surface area (Å²) in [5.74, 6) is -1.84. The molecule has 7 nitrogen and oxygen atoms in total. The molecule has 1 aromatic heterocycles. The van der Waals surface area contributed by atoms with Crippen molar-refractivity contribution in [3.8, 4) is 5.88 Å². The van der Waals surface area contributed by atoms with E-state index in [4.69, 9.17) is 9.84 Å². The number of aliphatic carboxylic acids is 1. The second-order valence-electron chi connectivity index (χ2n) is 6.84. The molecule has 1 aliphatic rings. The minimum atomic E-state index is -4.69. The van der Waals surface area contributed by atoms with Crippen molar-refractivity contribution < 1.29 is 27.8 Å². The fourth-order valence-electron chi connectivity index (χ4n) is 3.22. The highest BCUT2D eigenvalue weighted by atomic mass is 19.4. The van der Waals surface area contributed by atoms with Crippen LogP contribution in [0.4, 0.5) is 24.8 Å². The molecule has 1 saturated heterocycles. The number of aromatic nitrogens is 2. The topological polar surface area (TPSA) is 78.8 Å². The first-order chi connectivity index (χ1) is 13.6. The van der Waals surface area contributed by atoms with E-state index >= 15 is 0 Å². The van der Waals surface area contributed by atoms with Crippen molar-refractivity contribution in [1.82, 2.24) is 9.97 Å². The quantitative estimate of drug-likeness (QED) is 0.812. The van der Waals surface area contributed by atoms with Crippen LogP contribution in [0.5, 0.6) is 5.88 Å². The van der Waals surface area contributed by atoms with Gasteiger partial charge in [0, 0.05) is 37.9 Å². The number of ether oxygens (including phenoxy) is 1. The van der Waals surface area contributed by atoms with Crippen LogP contribution in [0.2, 0.25) is 0 Å². The predicted octanol–water partition coefficient (Wildman–Crippen LogP) is 2.90. The Bertz CT molecular complexity index is 897. The summed E-state index contributed by atoms with van der Waals surface area (Å²) in [5, 5.41) is 8.69. The van der Waals surface area contributed by atoms with Crippen molar-refractivity contribution in [2.24, 2.45) is 0 Å². The zero-order chi connectivity index (χ0) is 21.2. The SMILES string of the molecule is Cc1ccc(N2CCN(c3nc(OCC(=O)O)cc(C(F)(F)F)n3)CC2)c(C)c1. The number of rotatable bonds is 5. The molecular formula is C19H21F3N4O3. The van der Waals surface area contributed by atoms with Gasteiger partial charge in [-0.3, -0.25) is 0 Å². The lowest BCUT2D eigenvalue weighted by Gasteiger charge is -2.37. The molecule has 0 amide bonds. The third kappa shape index (κ3) is 5.07. The molecule has 0 saturated carbocycles. The van der Waals surface area contributed by atoms with Gasteiger partial charge in [-0.25, -0.2) is 9.78 Å². The Labute approximate surface area is 165 Å². The number of hydrogen-bond acceptors (Lipinski definition) is 6. The van der Waals surface area contributed by atoms with E-state index < -0.39 is 30.3 Å². The molecule has 1 N–H and O–H groups in total. The lowest BCUT2D eigenvalue weighted by Crippen LogP contribution is -2.47. The standard InChI is InChI=1S/C19H21F3N4O3/c1-12-3-4-14(13(2)9-12)25-5-7-26(8-6-25)18-23-15(19(20,21)22)10-16(24-18)29-11-17(27)28/h3-4,9-10H,5-8,11H2,1-2H3,(H,27,28). The number of aryl methyl sites for hydroxylation is 2. The van der Waals surface area contributed by atoms with Gasteiger partial charge in [0.1, 0.15) is 0 Å². The van der Waals surface area contributed by atoms with Crippen molar-refractivity contribution in [2.75, 3.05) is 42.6 Å². The number of carboxylic acid groups (broad SMARTS) is 1. The number of alkyl halides is 3. The highest BCUT2D eigenvalue weighted by Gasteiger charge is 2.35. The molecule has 1 aliphatic heterocycles. The molecule has 3 rings (SSSR count). The molecule has 0 aliphatic carbocycles. The van der Waals surface area contributed by atoms with Gasteiger partial charge in [0.2, 0.25) is 11.8 Å². The Kier molecular flexibility index (Phi) is 5.81. The van der Waals surface area contributed by atoms with E-state index in [1.54, 1.807) is 4.90 Å². The second-order valence-corrected chi connectivity index (χ2v) is 6.84. The lowest BCUT2D eigenvalue weighted by atomic mass is 10.1. The number of anilines is 2. The van der Waals surface area contributed by atoms with Crippen molar-refractivity contribution in [3.63, 3.8) is 0 Å². The van der Waals surface area contributed by atoms with E-state index in [1.807, 2.05) is 26.0 Å². The van der Waals surface area contributed by atoms with Crippen LogP contribution in [0.1, 0.15) is 16.8 Å². The number of nitrogens with zero attached hydrogens (tertiary/aromatic N) is 4. The van der Waals surface area contributed by atoms with Crippen LogP contribution in [0.15, 0.2) is 24.3 Å². The largest absolute Gasteiger partial charge is 0.479 e. The van der Waals surface area contributed by atoms with Gasteiger partial charge in [-0.2, -0.15) is 18.2 Å². The molecule has 10 heteroatoms. The minimum Gasteiger partial charge on any atom is -0.479 e. The molecule has 2 heterocycles. The fraction of sp³-hybridized carbons (Fsp3) is 0.421. The van der Waals surface area contributed by atoms with E-state index in [9.17, 15) is 18.0 Å². The summed E-state index contributed by atoms with van der Waals surface area (Å²) in [7, 11) is 0. The van der Waals surface area contributed by atoms with Gasteiger partial charge in [0.05, 0.1) is 0 Å². The first-order valence-corrected chi connectivity index (χ1v) is 9.01. The normalized spacial score (nSPS) is 14.8. The van der Waals surface area contributed by atoms with Crippen LogP contribution in [0.3, 0.4) is 0 Å². The van der Waals surface area contributed by atoms with Gasteiger partial charge in [0.25, 0.3) is 0 Å². The summed E-state index contributed by atoms with van der Waals surface area (Å²) in [5.41, 5.74) is 2.22. The van der Waals surface area contributed by atoms with Gasteiger partial charge < -0.3 is 19.6 Å². The summed E-state index contributed by atoms with van der Waals surface area (Å²) in [6.45, 7) is 5.29. The van der Waals surface area contributed by atoms with Gasteiger partial charge in [-0.05, 0) is 25.5 Å². The van der Waals surface area contributed by atoms with Gasteiger partial charge in [0.15, 0.2) is 12.3 Å². The molecule has 1 fully saturated rings. The summed E-state index contributed by atoms with van der Waals surface area (Å²) in [6, 6.07) is 6.76. The molecule has 0 bridgehead atoms. The molecular weight excluding hydrogens is 389 g/mol. The lowest BCUT2D eigenvalue weighted by molar-refractivity contribution is -0.141. The second kappa shape index (κ2) is 8.14. The number of halogens is 3. The van der Waals surface area contributed by atoms with Crippen molar-refractivity contribution in [1.29, 1.82) is 0 Å². The fourth-order valence-corrected chi connectivity index (χ4v) is 3.22. The van der Waals surface area contributed by atoms with Crippen LogP contribution >= 0.6 is 0 Å². The number of carboxylic acids is 1. The van der Waals surface area contributed by atoms with Crippen LogP contribution in [-0.2, 0) is 11.0 Å². The van der Waals surface area contributed by atoms with E-state index in [0.717, 1.165) is 16.8 Å². The highest BCUT2D eigenvalue weighted by Crippen LogP contribution is 2.31. The van der Waals surface area contributed by atoms with Crippen molar-refractivity contribution in [2.45, 2.75) is 20.0 Å². The van der Waals surface area contributed by atoms with Crippen LogP contribution in [0, 0.1) is 13.8 Å². The molecule has 29 heavy (non-hydrogen) atoms. The molecule has 156 valence electrons. The maximum Gasteiger partial charge on any atom is 0.433 e. The van der Waals surface area contributed by atoms with Crippen LogP contribution < -0.4 is 14.5 Å². The number of hydrogen-bond donors (Lipinski definition) is 1. The average molecular weight is 410 g/mol. The number of benzene rings is 1. The highest BCUT2D eigenvalue weighted by molar-refractivity contribution is 5.68. The Morgan fingerprint density at radius 3 is 2.34 bits per heavy atom. The Balaban J connectivity index is 1.78. The maximum absolute atomic E-state index is 13.2. The van der Waals surface area contributed by atoms with Crippen LogP contribution in [-0.4, -0.2) is 53.8 Å². The summed E-state index contributed by atoms with van der Waals surface area (Å²) < 4.78 is 44.4. The third-order valence-corrected chi connectivity index (χ3v) is 4.58. The van der Waals surface area contributed by atoms with E-state index in [0.29, 0.717) is 32.2 Å². The van der Waals surface area contributed by atoms with Crippen molar-refractivity contribution in [3.05, 3.63) is 41.1 Å². The van der Waals surface area contributed by atoms with Gasteiger partial charge >= 0.3 is 12.1 Å². The van der Waals surface area contributed by atoms with Gasteiger partial charge in [-0.15, -0.1) is 0 Å². The zero-order valence-electron chi connectivity index (χ0n) is 16.0. The smallest absolute Gasteiger partial charge is 0.433 e. The molecule has 1 aromatic carbocycles. The number of piperazine rings is 1. The minimum absolute atomic E-state index is 0.125. The average Bonchev–Trinajstić information content (AvgIpc) is 2.66. The molecule has 0 radical (unpaired) electrons. The first-order valence-electron chi connectivity index (χ1n) is 9.01. The summed E-state index contributed by atoms with van der Waals surface area (Å²) >= 11 is 0. The maximum atomic E-state index is 13.2. The van der Waals surface area contributed by atoms with Crippen molar-refractivity contribution >= 4 is 17.6 Å². The zero-order valence-corrected chi connectivity index (χ0v) is 16.0. The third-order valence-electron chi connectivity index (χ3n) is 4.58. The molecule has 0 atom stereocenters. The van der Waals surface area contributed by atoms with Gasteiger partial charge in [-0.1, -0.05) is 17.7 Å². The Morgan fingerprint density at radius 1 is 1.10 bits per heavy atom. The summed E-state index contributed by atoms with van der Waals surface area (Å²) in [4.78, 5) is 22.1. The summed E-state index contributed by atoms with van der Waals surface area (Å²) in [6.07, 6.45) is -4.69. The predicted molar refractivity (Wildman–Crippen MR) is 101 cm³/mol. The Morgan fingerprint density at radius 2 is 1.76 bits per heavy atom. The first kappa shape index (κ1) is 20.7. The molecule has 2 aromatic rings.